The van der Waals surface area contributed by atoms with E-state index in [9.17, 15) is 4.79 Å². The van der Waals surface area contributed by atoms with Gasteiger partial charge in [0.2, 0.25) is 5.91 Å². The normalized spacial score (nSPS) is 10.8. The molecule has 1 N–H and O–H groups in total. The van der Waals surface area contributed by atoms with Crippen molar-refractivity contribution < 1.29 is 9.53 Å². The van der Waals surface area contributed by atoms with Gasteiger partial charge in [0.05, 0.1) is 24.1 Å². The number of nitrogens with zero attached hydrogens (tertiary/aromatic N) is 1. The summed E-state index contributed by atoms with van der Waals surface area (Å²) in [7, 11) is 1.59. The van der Waals surface area contributed by atoms with Crippen LogP contribution in [-0.2, 0) is 11.2 Å². The second kappa shape index (κ2) is 8.44. The van der Waals surface area contributed by atoms with Crippen LogP contribution in [0, 0.1) is 13.8 Å². The van der Waals surface area contributed by atoms with E-state index in [0.717, 1.165) is 22.3 Å². The van der Waals surface area contributed by atoms with Crippen molar-refractivity contribution in [2.45, 2.75) is 32.2 Å². The van der Waals surface area contributed by atoms with Crippen molar-refractivity contribution in [3.8, 4) is 5.75 Å². The number of benzene rings is 2. The maximum atomic E-state index is 12.4. The number of rotatable bonds is 6. The van der Waals surface area contributed by atoms with Gasteiger partial charge < -0.3 is 10.1 Å². The Hall–Kier alpha value is -2.53. The van der Waals surface area contributed by atoms with E-state index in [4.69, 9.17) is 9.72 Å². The second-order valence-electron chi connectivity index (χ2n) is 6.42. The van der Waals surface area contributed by atoms with Gasteiger partial charge in [-0.15, -0.1) is 0 Å². The maximum absolute atomic E-state index is 12.4. The summed E-state index contributed by atoms with van der Waals surface area (Å²) in [5.41, 5.74) is 5.28. The van der Waals surface area contributed by atoms with Gasteiger partial charge in [-0.25, -0.2) is 4.98 Å². The fourth-order valence-corrected chi connectivity index (χ4v) is 3.84. The van der Waals surface area contributed by atoms with Gasteiger partial charge in [-0.2, -0.15) is 0 Å². The van der Waals surface area contributed by atoms with Crippen molar-refractivity contribution in [3.05, 3.63) is 59.2 Å². The Morgan fingerprint density at radius 3 is 2.70 bits per heavy atom. The van der Waals surface area contributed by atoms with E-state index in [2.05, 4.69) is 44.3 Å². The van der Waals surface area contributed by atoms with Crippen molar-refractivity contribution in [2.75, 3.05) is 18.2 Å². The van der Waals surface area contributed by atoms with Gasteiger partial charge in [-0.05, 0) is 55.2 Å². The summed E-state index contributed by atoms with van der Waals surface area (Å²) in [6, 6.07) is 13.8. The number of ether oxygens (including phenoxy) is 1. The zero-order valence-electron chi connectivity index (χ0n) is 16.1. The Labute approximate surface area is 164 Å². The van der Waals surface area contributed by atoms with Crippen LogP contribution in [0.1, 0.15) is 23.6 Å². The van der Waals surface area contributed by atoms with Gasteiger partial charge in [0.1, 0.15) is 10.8 Å². The Balaban J connectivity index is 1.79. The summed E-state index contributed by atoms with van der Waals surface area (Å²) >= 11 is 1.48. The molecule has 4 nitrogen and oxygen atoms in total. The first-order valence-corrected chi connectivity index (χ1v) is 9.97. The van der Waals surface area contributed by atoms with Gasteiger partial charge in [0.25, 0.3) is 0 Å². The Morgan fingerprint density at radius 2 is 1.96 bits per heavy atom. The van der Waals surface area contributed by atoms with Crippen LogP contribution in [0.3, 0.4) is 0 Å². The van der Waals surface area contributed by atoms with E-state index < -0.39 is 0 Å². The van der Waals surface area contributed by atoms with Crippen LogP contribution in [0.5, 0.6) is 5.75 Å². The lowest BCUT2D eigenvalue weighted by atomic mass is 10.0. The van der Waals surface area contributed by atoms with Crippen molar-refractivity contribution in [2.24, 2.45) is 0 Å². The molecule has 1 aromatic heterocycles. The first kappa shape index (κ1) is 19.2. The van der Waals surface area contributed by atoms with Gasteiger partial charge in [-0.3, -0.25) is 4.79 Å². The van der Waals surface area contributed by atoms with Crippen molar-refractivity contribution >= 4 is 34.3 Å². The third kappa shape index (κ3) is 4.25. The summed E-state index contributed by atoms with van der Waals surface area (Å²) in [6.45, 7) is 6.31. The molecule has 1 heterocycles. The number of thioether (sulfide) groups is 1. The molecule has 0 saturated carbocycles. The highest BCUT2D eigenvalue weighted by molar-refractivity contribution is 8.00. The minimum absolute atomic E-state index is 0.0746. The molecule has 0 spiro atoms. The third-order valence-corrected chi connectivity index (χ3v) is 5.69. The maximum Gasteiger partial charge on any atom is 0.234 e. The SMILES string of the molecule is CCc1cc2ccc(C)c(C)c2nc1SCC(=O)Nc1ccccc1OC. The summed E-state index contributed by atoms with van der Waals surface area (Å²) in [4.78, 5) is 17.3. The molecule has 0 unspecified atom stereocenters. The van der Waals surface area contributed by atoms with Crippen LogP contribution in [0.25, 0.3) is 10.9 Å². The van der Waals surface area contributed by atoms with Crippen molar-refractivity contribution in [3.63, 3.8) is 0 Å². The molecule has 0 aliphatic carbocycles. The summed E-state index contributed by atoms with van der Waals surface area (Å²) in [6.07, 6.45) is 0.881. The first-order valence-electron chi connectivity index (χ1n) is 8.99. The van der Waals surface area contributed by atoms with Crippen LogP contribution in [-0.4, -0.2) is 23.8 Å². The Morgan fingerprint density at radius 1 is 1.19 bits per heavy atom. The number of fused-ring (bicyclic) bond motifs is 1. The first-order chi connectivity index (χ1) is 13.0. The quantitative estimate of drug-likeness (QED) is 0.601. The fraction of sp³-hybridized carbons (Fsp3) is 0.273. The van der Waals surface area contributed by atoms with E-state index in [1.165, 1.54) is 28.5 Å². The zero-order valence-corrected chi connectivity index (χ0v) is 16.9. The monoisotopic (exact) mass is 380 g/mol. The van der Waals surface area contributed by atoms with E-state index in [-0.39, 0.29) is 5.91 Å². The molecule has 2 aromatic carbocycles. The van der Waals surface area contributed by atoms with Crippen molar-refractivity contribution in [1.82, 2.24) is 4.98 Å². The number of hydrogen-bond acceptors (Lipinski definition) is 4. The lowest BCUT2D eigenvalue weighted by Crippen LogP contribution is -2.15. The number of carbonyl (C=O) groups excluding carboxylic acids is 1. The highest BCUT2D eigenvalue weighted by Gasteiger charge is 2.12. The van der Waals surface area contributed by atoms with Crippen LogP contribution in [0.15, 0.2) is 47.5 Å². The molecule has 27 heavy (non-hydrogen) atoms. The number of amides is 1. The number of anilines is 1. The lowest BCUT2D eigenvalue weighted by molar-refractivity contribution is -0.113. The molecule has 0 bridgehead atoms. The zero-order chi connectivity index (χ0) is 19.4. The predicted octanol–water partition coefficient (Wildman–Crippen LogP) is 5.15. The topological polar surface area (TPSA) is 51.2 Å². The molecule has 140 valence electrons. The number of nitrogens with one attached hydrogen (secondary N) is 1. The molecule has 0 aliphatic heterocycles. The van der Waals surface area contributed by atoms with Crippen LogP contribution in [0.2, 0.25) is 0 Å². The third-order valence-electron chi connectivity index (χ3n) is 4.65. The van der Waals surface area contributed by atoms with E-state index >= 15 is 0 Å². The van der Waals surface area contributed by atoms with Gasteiger partial charge in [-0.1, -0.05) is 43.0 Å². The largest absolute Gasteiger partial charge is 0.495 e. The van der Waals surface area contributed by atoms with Crippen LogP contribution < -0.4 is 10.1 Å². The van der Waals surface area contributed by atoms with Gasteiger partial charge in [0.15, 0.2) is 0 Å². The molecule has 0 saturated heterocycles. The van der Waals surface area contributed by atoms with E-state index in [0.29, 0.717) is 17.2 Å². The van der Waals surface area contributed by atoms with E-state index in [1.54, 1.807) is 7.11 Å². The highest BCUT2D eigenvalue weighted by Crippen LogP contribution is 2.29. The molecule has 0 fully saturated rings. The summed E-state index contributed by atoms with van der Waals surface area (Å²) in [5.74, 6) is 0.878. The number of aromatic nitrogens is 1. The highest BCUT2D eigenvalue weighted by atomic mass is 32.2. The fourth-order valence-electron chi connectivity index (χ4n) is 2.96. The van der Waals surface area contributed by atoms with Gasteiger partial charge in [0, 0.05) is 5.39 Å². The number of hydrogen-bond donors (Lipinski definition) is 1. The Bertz CT molecular complexity index is 985. The minimum Gasteiger partial charge on any atom is -0.495 e. The average molecular weight is 381 g/mol. The van der Waals surface area contributed by atoms with Crippen LogP contribution in [0.4, 0.5) is 5.69 Å². The summed E-state index contributed by atoms with van der Waals surface area (Å²) < 4.78 is 5.28. The molecule has 3 aromatic rings. The molecular weight excluding hydrogens is 356 g/mol. The molecule has 0 aliphatic rings. The molecule has 0 atom stereocenters. The minimum atomic E-state index is -0.0746. The number of para-hydroxylation sites is 2. The van der Waals surface area contributed by atoms with Crippen molar-refractivity contribution in [1.29, 1.82) is 0 Å². The number of pyridine rings is 1. The second-order valence-corrected chi connectivity index (χ2v) is 7.39. The molecule has 1 amide bonds. The summed E-state index contributed by atoms with van der Waals surface area (Å²) in [5, 5.41) is 4.99. The van der Waals surface area contributed by atoms with Gasteiger partial charge >= 0.3 is 0 Å². The molecule has 0 radical (unpaired) electrons. The predicted molar refractivity (Wildman–Crippen MR) is 113 cm³/mol. The molecule has 5 heteroatoms. The lowest BCUT2D eigenvalue weighted by Gasteiger charge is -2.12. The van der Waals surface area contributed by atoms with E-state index in [1.807, 2.05) is 24.3 Å². The average Bonchev–Trinajstić information content (AvgIpc) is 2.69. The Kier molecular flexibility index (Phi) is 6.01. The molecular formula is C22H24N2O2S. The smallest absolute Gasteiger partial charge is 0.234 e. The number of aryl methyl sites for hydroxylation is 3. The molecule has 3 rings (SSSR count). The number of methoxy groups -OCH3 is 1. The standard InChI is InChI=1S/C22H24N2O2S/c1-5-16-12-17-11-10-14(2)15(3)21(17)24-22(16)27-13-20(25)23-18-8-6-7-9-19(18)26-4/h6-12H,5,13H2,1-4H3,(H,23,25). The number of carbonyl (C=O) groups is 1. The van der Waals surface area contributed by atoms with Crippen LogP contribution >= 0.6 is 11.8 Å².